The van der Waals surface area contributed by atoms with Crippen molar-refractivity contribution in [1.29, 1.82) is 0 Å². The molecule has 27 heavy (non-hydrogen) atoms. The van der Waals surface area contributed by atoms with Gasteiger partial charge in [-0.2, -0.15) is 0 Å². The quantitative estimate of drug-likeness (QED) is 0.691. The van der Waals surface area contributed by atoms with Gasteiger partial charge < -0.3 is 24.9 Å². The number of benzene rings is 1. The summed E-state index contributed by atoms with van der Waals surface area (Å²) in [7, 11) is 3.25. The molecule has 0 bridgehead atoms. The molecule has 144 valence electrons. The molecule has 0 atom stereocenters. The Morgan fingerprint density at radius 2 is 1.93 bits per heavy atom. The highest BCUT2D eigenvalue weighted by atomic mass is 16.6. The summed E-state index contributed by atoms with van der Waals surface area (Å²) in [6.45, 7) is 4.15. The predicted molar refractivity (Wildman–Crippen MR) is 107 cm³/mol. The fourth-order valence-electron chi connectivity index (χ4n) is 2.84. The molecule has 0 saturated carbocycles. The van der Waals surface area contributed by atoms with Crippen molar-refractivity contribution in [3.63, 3.8) is 0 Å². The van der Waals surface area contributed by atoms with Gasteiger partial charge >= 0.3 is 0 Å². The lowest BCUT2D eigenvalue weighted by Crippen LogP contribution is -2.20. The van der Waals surface area contributed by atoms with Gasteiger partial charge in [0.25, 0.3) is 0 Å². The summed E-state index contributed by atoms with van der Waals surface area (Å²) in [5.41, 5.74) is 2.81. The molecule has 0 radical (unpaired) electrons. The SMILES string of the molecule is CCCNc1ccc2c(n1)NCC/C2=N\OCc1cc(OC)cc(OC)c1. The Labute approximate surface area is 159 Å². The van der Waals surface area contributed by atoms with E-state index in [1.54, 1.807) is 14.2 Å². The van der Waals surface area contributed by atoms with E-state index in [1.807, 2.05) is 30.3 Å². The number of hydrogen-bond acceptors (Lipinski definition) is 7. The van der Waals surface area contributed by atoms with E-state index in [2.05, 4.69) is 27.7 Å². The van der Waals surface area contributed by atoms with Crippen LogP contribution in [0.3, 0.4) is 0 Å². The van der Waals surface area contributed by atoms with E-state index in [1.165, 1.54) is 0 Å². The summed E-state index contributed by atoms with van der Waals surface area (Å²) in [5, 5.41) is 11.0. The van der Waals surface area contributed by atoms with Gasteiger partial charge in [0, 0.05) is 31.1 Å². The van der Waals surface area contributed by atoms with E-state index in [9.17, 15) is 0 Å². The van der Waals surface area contributed by atoms with E-state index in [0.29, 0.717) is 6.61 Å². The van der Waals surface area contributed by atoms with Gasteiger partial charge in [0.2, 0.25) is 0 Å². The molecule has 0 saturated heterocycles. The second-order valence-corrected chi connectivity index (χ2v) is 6.23. The van der Waals surface area contributed by atoms with E-state index >= 15 is 0 Å². The lowest BCUT2D eigenvalue weighted by Gasteiger charge is -2.19. The first-order valence-corrected chi connectivity index (χ1v) is 9.13. The topological polar surface area (TPSA) is 77.0 Å². The van der Waals surface area contributed by atoms with Crippen LogP contribution in [0.15, 0.2) is 35.5 Å². The maximum absolute atomic E-state index is 5.62. The number of methoxy groups -OCH3 is 2. The standard InChI is InChI=1S/C20H26N4O3/c1-4-8-21-19-6-5-17-18(7-9-22-20(17)23-19)24-27-13-14-10-15(25-2)12-16(11-14)26-3/h5-6,10-12H,4,7-9,13H2,1-3H3,(H2,21,22,23)/b24-18+. The van der Waals surface area contributed by atoms with Crippen LogP contribution < -0.4 is 20.1 Å². The smallest absolute Gasteiger partial charge is 0.142 e. The molecule has 2 N–H and O–H groups in total. The monoisotopic (exact) mass is 370 g/mol. The van der Waals surface area contributed by atoms with Crippen molar-refractivity contribution in [2.24, 2.45) is 5.16 Å². The van der Waals surface area contributed by atoms with Gasteiger partial charge in [0.15, 0.2) is 0 Å². The fraction of sp³-hybridized carbons (Fsp3) is 0.400. The van der Waals surface area contributed by atoms with Crippen LogP contribution >= 0.6 is 0 Å². The Kier molecular flexibility index (Phi) is 6.35. The highest BCUT2D eigenvalue weighted by Crippen LogP contribution is 2.24. The molecule has 7 nitrogen and oxygen atoms in total. The second-order valence-electron chi connectivity index (χ2n) is 6.23. The van der Waals surface area contributed by atoms with Crippen LogP contribution in [0.4, 0.5) is 11.6 Å². The zero-order valence-electron chi connectivity index (χ0n) is 16.0. The van der Waals surface area contributed by atoms with E-state index in [4.69, 9.17) is 14.3 Å². The molecular formula is C20H26N4O3. The van der Waals surface area contributed by atoms with Gasteiger partial charge in [-0.1, -0.05) is 12.1 Å². The van der Waals surface area contributed by atoms with Crippen molar-refractivity contribution in [1.82, 2.24) is 4.98 Å². The average molecular weight is 370 g/mol. The van der Waals surface area contributed by atoms with Crippen molar-refractivity contribution >= 4 is 17.3 Å². The van der Waals surface area contributed by atoms with E-state index < -0.39 is 0 Å². The maximum atomic E-state index is 5.62. The van der Waals surface area contributed by atoms with Crippen LogP contribution in [0.5, 0.6) is 11.5 Å². The van der Waals surface area contributed by atoms with Gasteiger partial charge in [-0.05, 0) is 36.2 Å². The van der Waals surface area contributed by atoms with Crippen LogP contribution in [0.1, 0.15) is 30.9 Å². The minimum atomic E-state index is 0.337. The van der Waals surface area contributed by atoms with Crippen molar-refractivity contribution in [2.45, 2.75) is 26.4 Å². The maximum Gasteiger partial charge on any atom is 0.142 e. The Bertz CT molecular complexity index is 786. The molecule has 0 fully saturated rings. The van der Waals surface area contributed by atoms with Gasteiger partial charge in [0.05, 0.1) is 19.9 Å². The average Bonchev–Trinajstić information content (AvgIpc) is 2.71. The Morgan fingerprint density at radius 3 is 2.63 bits per heavy atom. The molecule has 0 unspecified atom stereocenters. The number of pyridine rings is 1. The number of ether oxygens (including phenoxy) is 2. The molecule has 7 heteroatoms. The number of nitrogens with zero attached hydrogens (tertiary/aromatic N) is 2. The minimum Gasteiger partial charge on any atom is -0.497 e. The molecular weight excluding hydrogens is 344 g/mol. The zero-order chi connectivity index (χ0) is 19.1. The zero-order valence-corrected chi connectivity index (χ0v) is 16.0. The van der Waals surface area contributed by atoms with Crippen molar-refractivity contribution < 1.29 is 14.3 Å². The number of hydrogen-bond donors (Lipinski definition) is 2. The molecule has 0 amide bonds. The van der Waals surface area contributed by atoms with Crippen molar-refractivity contribution in [3.8, 4) is 11.5 Å². The van der Waals surface area contributed by atoms with Crippen LogP contribution in [-0.4, -0.2) is 38.0 Å². The van der Waals surface area contributed by atoms with Crippen LogP contribution in [0.2, 0.25) is 0 Å². The summed E-state index contributed by atoms with van der Waals surface area (Å²) < 4.78 is 10.6. The minimum absolute atomic E-state index is 0.337. The van der Waals surface area contributed by atoms with Gasteiger partial charge in [0.1, 0.15) is 29.7 Å². The van der Waals surface area contributed by atoms with Gasteiger partial charge in [-0.15, -0.1) is 0 Å². The lowest BCUT2D eigenvalue weighted by molar-refractivity contribution is 0.129. The highest BCUT2D eigenvalue weighted by Gasteiger charge is 2.17. The molecule has 3 rings (SSSR count). The number of oxime groups is 1. The number of nitrogens with one attached hydrogen (secondary N) is 2. The first kappa shape index (κ1) is 18.8. The fourth-order valence-corrected chi connectivity index (χ4v) is 2.84. The summed E-state index contributed by atoms with van der Waals surface area (Å²) in [6, 6.07) is 9.65. The normalized spacial score (nSPS) is 14.3. The molecule has 1 aliphatic rings. The van der Waals surface area contributed by atoms with E-state index in [0.717, 1.165) is 65.9 Å². The predicted octanol–water partition coefficient (Wildman–Crippen LogP) is 3.66. The Hall–Kier alpha value is -2.96. The van der Waals surface area contributed by atoms with Crippen LogP contribution in [0, 0.1) is 0 Å². The van der Waals surface area contributed by atoms with Gasteiger partial charge in [-0.25, -0.2) is 4.98 Å². The summed E-state index contributed by atoms with van der Waals surface area (Å²) in [6.07, 6.45) is 1.85. The molecule has 1 aromatic carbocycles. The summed E-state index contributed by atoms with van der Waals surface area (Å²) in [4.78, 5) is 10.2. The van der Waals surface area contributed by atoms with Crippen molar-refractivity contribution in [3.05, 3.63) is 41.5 Å². The number of aromatic nitrogens is 1. The summed E-state index contributed by atoms with van der Waals surface area (Å²) >= 11 is 0. The van der Waals surface area contributed by atoms with Crippen LogP contribution in [-0.2, 0) is 11.4 Å². The van der Waals surface area contributed by atoms with Crippen LogP contribution in [0.25, 0.3) is 0 Å². The highest BCUT2D eigenvalue weighted by molar-refractivity contribution is 6.05. The third-order valence-electron chi connectivity index (χ3n) is 4.23. The molecule has 1 aromatic heterocycles. The second kappa shape index (κ2) is 9.12. The first-order chi connectivity index (χ1) is 13.2. The van der Waals surface area contributed by atoms with Crippen molar-refractivity contribution in [2.75, 3.05) is 37.9 Å². The largest absolute Gasteiger partial charge is 0.497 e. The third-order valence-corrected chi connectivity index (χ3v) is 4.23. The number of anilines is 2. The lowest BCUT2D eigenvalue weighted by atomic mass is 10.1. The molecule has 2 aromatic rings. The van der Waals surface area contributed by atoms with Gasteiger partial charge in [-0.3, -0.25) is 0 Å². The molecule has 2 heterocycles. The Balaban J connectivity index is 1.70. The number of rotatable bonds is 8. The number of fused-ring (bicyclic) bond motifs is 1. The third kappa shape index (κ3) is 4.81. The molecule has 0 aliphatic carbocycles. The first-order valence-electron chi connectivity index (χ1n) is 9.13. The Morgan fingerprint density at radius 1 is 1.15 bits per heavy atom. The molecule has 1 aliphatic heterocycles. The molecule has 0 spiro atoms. The van der Waals surface area contributed by atoms with E-state index in [-0.39, 0.29) is 0 Å². The summed E-state index contributed by atoms with van der Waals surface area (Å²) in [5.74, 6) is 3.16.